The third kappa shape index (κ3) is 3.78. The van der Waals surface area contributed by atoms with Crippen molar-refractivity contribution in [3.05, 3.63) is 58.7 Å². The van der Waals surface area contributed by atoms with Crippen molar-refractivity contribution in [2.24, 2.45) is 5.92 Å². The van der Waals surface area contributed by atoms with Crippen molar-refractivity contribution < 1.29 is 14.3 Å². The fourth-order valence-electron chi connectivity index (χ4n) is 5.06. The number of β-amino-alcohol motifs (C(OH)–C–C–N with tert-alkyl or cyclic N) is 1. The molecule has 0 aliphatic carbocycles. The molecule has 2 fully saturated rings. The SMILES string of the molecule is Cc1cn2nc([C@@H]3CCCCN3C(=O)c3cccc(F)c3C)cc2nc1N1C[C@@H](C#N)[C@@H](O)C1. The van der Waals surface area contributed by atoms with Crippen LogP contribution in [0.25, 0.3) is 5.65 Å². The molecule has 9 heteroatoms. The van der Waals surface area contributed by atoms with E-state index in [9.17, 15) is 19.6 Å². The normalized spacial score (nSPS) is 22.9. The Kier molecular flexibility index (Phi) is 5.70. The minimum absolute atomic E-state index is 0.183. The first-order valence-corrected chi connectivity index (χ1v) is 11.6. The molecule has 1 amide bonds. The second-order valence-corrected chi connectivity index (χ2v) is 9.25. The number of anilines is 1. The van der Waals surface area contributed by atoms with E-state index in [1.807, 2.05) is 24.1 Å². The molecule has 5 rings (SSSR count). The number of fused-ring (bicyclic) bond motifs is 1. The number of rotatable bonds is 3. The zero-order chi connectivity index (χ0) is 24.0. The van der Waals surface area contributed by atoms with E-state index in [4.69, 9.17) is 10.1 Å². The molecule has 0 saturated carbocycles. The van der Waals surface area contributed by atoms with Crippen molar-refractivity contribution in [2.45, 2.75) is 45.3 Å². The lowest BCUT2D eigenvalue weighted by Crippen LogP contribution is -2.39. The third-order valence-electron chi connectivity index (χ3n) is 6.98. The summed E-state index contributed by atoms with van der Waals surface area (Å²) in [5.74, 6) is -0.282. The summed E-state index contributed by atoms with van der Waals surface area (Å²) in [6.07, 6.45) is 3.83. The number of carbonyl (C=O) groups is 1. The standard InChI is InChI=1S/C25H27FN6O2/c1-15-12-32-23(28-24(15)30-13-17(11-27)22(33)14-30)10-20(29-32)21-8-3-4-9-31(21)25(34)18-6-5-7-19(26)16(18)2/h5-7,10,12,17,21-22,33H,3-4,8-9,13-14H2,1-2H3/t17-,21+,22+/m1/s1. The molecule has 0 bridgehead atoms. The Morgan fingerprint density at radius 3 is 2.85 bits per heavy atom. The summed E-state index contributed by atoms with van der Waals surface area (Å²) in [5, 5.41) is 24.1. The molecule has 4 heterocycles. The molecule has 176 valence electrons. The highest BCUT2D eigenvalue weighted by Crippen LogP contribution is 2.33. The Morgan fingerprint density at radius 1 is 1.26 bits per heavy atom. The van der Waals surface area contributed by atoms with Crippen LogP contribution in [0.5, 0.6) is 0 Å². The number of aliphatic hydroxyl groups is 1. The molecule has 2 aromatic heterocycles. The van der Waals surface area contributed by atoms with E-state index in [1.54, 1.807) is 28.5 Å². The van der Waals surface area contributed by atoms with Gasteiger partial charge in [0.1, 0.15) is 11.6 Å². The average molecular weight is 463 g/mol. The summed E-state index contributed by atoms with van der Waals surface area (Å²) >= 11 is 0. The van der Waals surface area contributed by atoms with Gasteiger partial charge in [0.05, 0.1) is 29.8 Å². The van der Waals surface area contributed by atoms with Crippen molar-refractivity contribution in [3.63, 3.8) is 0 Å². The second kappa shape index (κ2) is 8.69. The molecule has 2 aliphatic rings. The fraction of sp³-hybridized carbons (Fsp3) is 0.440. The van der Waals surface area contributed by atoms with E-state index in [0.29, 0.717) is 36.4 Å². The highest BCUT2D eigenvalue weighted by molar-refractivity contribution is 5.96. The Balaban J connectivity index is 1.47. The number of hydrogen-bond donors (Lipinski definition) is 1. The zero-order valence-corrected chi connectivity index (χ0v) is 19.3. The largest absolute Gasteiger partial charge is 0.390 e. The van der Waals surface area contributed by atoms with Gasteiger partial charge in [0, 0.05) is 43.0 Å². The van der Waals surface area contributed by atoms with Gasteiger partial charge < -0.3 is 14.9 Å². The number of amides is 1. The van der Waals surface area contributed by atoms with Gasteiger partial charge in [-0.15, -0.1) is 0 Å². The van der Waals surface area contributed by atoms with Crippen LogP contribution < -0.4 is 4.90 Å². The molecule has 1 N–H and O–H groups in total. The summed E-state index contributed by atoms with van der Waals surface area (Å²) in [4.78, 5) is 21.9. The van der Waals surface area contributed by atoms with Gasteiger partial charge in [-0.05, 0) is 50.8 Å². The maximum absolute atomic E-state index is 14.1. The van der Waals surface area contributed by atoms with Crippen LogP contribution in [0.2, 0.25) is 0 Å². The first-order valence-electron chi connectivity index (χ1n) is 11.6. The van der Waals surface area contributed by atoms with Crippen LogP contribution in [0.3, 0.4) is 0 Å². The van der Waals surface area contributed by atoms with Crippen LogP contribution in [-0.2, 0) is 0 Å². The van der Waals surface area contributed by atoms with E-state index in [-0.39, 0.29) is 17.8 Å². The first-order chi connectivity index (χ1) is 16.4. The van der Waals surface area contributed by atoms with Gasteiger partial charge in [-0.25, -0.2) is 13.9 Å². The Morgan fingerprint density at radius 2 is 2.09 bits per heavy atom. The number of aromatic nitrogens is 3. The van der Waals surface area contributed by atoms with Crippen molar-refractivity contribution >= 4 is 17.4 Å². The molecule has 8 nitrogen and oxygen atoms in total. The Hall–Kier alpha value is -3.51. The van der Waals surface area contributed by atoms with Crippen molar-refractivity contribution in [1.82, 2.24) is 19.5 Å². The number of hydrogen-bond acceptors (Lipinski definition) is 6. The predicted octanol–water partition coefficient (Wildman–Crippen LogP) is 3.17. The number of carbonyl (C=O) groups excluding carboxylic acids is 1. The predicted molar refractivity (Wildman–Crippen MR) is 124 cm³/mol. The van der Waals surface area contributed by atoms with Crippen LogP contribution in [0.15, 0.2) is 30.5 Å². The molecular weight excluding hydrogens is 435 g/mol. The molecule has 2 aliphatic heterocycles. The second-order valence-electron chi connectivity index (χ2n) is 9.25. The molecule has 3 aromatic rings. The molecule has 2 saturated heterocycles. The zero-order valence-electron chi connectivity index (χ0n) is 19.3. The number of nitriles is 1. The summed E-state index contributed by atoms with van der Waals surface area (Å²) in [6.45, 7) is 4.94. The number of piperidine rings is 1. The van der Waals surface area contributed by atoms with Crippen LogP contribution in [0.4, 0.5) is 10.2 Å². The number of aliphatic hydroxyl groups excluding tert-OH is 1. The molecule has 0 spiro atoms. The summed E-state index contributed by atoms with van der Waals surface area (Å²) < 4.78 is 15.8. The molecule has 0 radical (unpaired) electrons. The smallest absolute Gasteiger partial charge is 0.254 e. The van der Waals surface area contributed by atoms with Crippen LogP contribution >= 0.6 is 0 Å². The van der Waals surface area contributed by atoms with Gasteiger partial charge >= 0.3 is 0 Å². The lowest BCUT2D eigenvalue weighted by atomic mass is 9.97. The fourth-order valence-corrected chi connectivity index (χ4v) is 5.06. The topological polar surface area (TPSA) is 97.8 Å². The molecular formula is C25H27FN6O2. The van der Waals surface area contributed by atoms with Gasteiger partial charge in [0.25, 0.3) is 5.91 Å². The first kappa shape index (κ1) is 22.3. The van der Waals surface area contributed by atoms with Gasteiger partial charge in [0.2, 0.25) is 0 Å². The van der Waals surface area contributed by atoms with Crippen LogP contribution in [-0.4, -0.2) is 56.2 Å². The van der Waals surface area contributed by atoms with Crippen molar-refractivity contribution in [1.29, 1.82) is 5.26 Å². The highest BCUT2D eigenvalue weighted by Gasteiger charge is 2.34. The van der Waals surface area contributed by atoms with Gasteiger partial charge in [0.15, 0.2) is 5.65 Å². The summed E-state index contributed by atoms with van der Waals surface area (Å²) in [5.41, 5.74) is 3.02. The Bertz CT molecular complexity index is 1300. The lowest BCUT2D eigenvalue weighted by Gasteiger charge is -2.35. The van der Waals surface area contributed by atoms with Crippen molar-refractivity contribution in [3.8, 4) is 6.07 Å². The maximum Gasteiger partial charge on any atom is 0.254 e. The minimum Gasteiger partial charge on any atom is -0.390 e. The highest BCUT2D eigenvalue weighted by atomic mass is 19.1. The van der Waals surface area contributed by atoms with E-state index in [0.717, 1.165) is 36.3 Å². The molecule has 3 atom stereocenters. The van der Waals surface area contributed by atoms with E-state index in [2.05, 4.69) is 6.07 Å². The Labute approximate surface area is 197 Å². The monoisotopic (exact) mass is 462 g/mol. The molecule has 34 heavy (non-hydrogen) atoms. The van der Waals surface area contributed by atoms with Gasteiger partial charge in [-0.1, -0.05) is 6.07 Å². The lowest BCUT2D eigenvalue weighted by molar-refractivity contribution is 0.0604. The average Bonchev–Trinajstić information content (AvgIpc) is 3.42. The summed E-state index contributed by atoms with van der Waals surface area (Å²) in [6, 6.07) is 8.44. The van der Waals surface area contributed by atoms with Crippen LogP contribution in [0, 0.1) is 36.9 Å². The maximum atomic E-state index is 14.1. The summed E-state index contributed by atoms with van der Waals surface area (Å²) in [7, 11) is 0. The number of nitrogens with zero attached hydrogens (tertiary/aromatic N) is 6. The molecule has 1 aromatic carbocycles. The van der Waals surface area contributed by atoms with E-state index < -0.39 is 12.0 Å². The number of likely N-dealkylation sites (tertiary alicyclic amines) is 1. The quantitative estimate of drug-likeness (QED) is 0.642. The third-order valence-corrected chi connectivity index (χ3v) is 6.98. The van der Waals surface area contributed by atoms with Crippen molar-refractivity contribution in [2.75, 3.05) is 24.5 Å². The number of halogens is 1. The number of aryl methyl sites for hydroxylation is 1. The van der Waals surface area contributed by atoms with Crippen LogP contribution in [0.1, 0.15) is 52.5 Å². The van der Waals surface area contributed by atoms with E-state index >= 15 is 0 Å². The minimum atomic E-state index is -0.698. The number of benzene rings is 1. The van der Waals surface area contributed by atoms with Gasteiger partial charge in [-0.2, -0.15) is 10.4 Å². The molecule has 0 unspecified atom stereocenters. The van der Waals surface area contributed by atoms with E-state index in [1.165, 1.54) is 6.07 Å². The van der Waals surface area contributed by atoms with Gasteiger partial charge in [-0.3, -0.25) is 4.79 Å².